The molecule has 1 unspecified atom stereocenters. The Morgan fingerprint density at radius 2 is 1.60 bits per heavy atom. The molecule has 0 aromatic carbocycles. The zero-order valence-corrected chi connectivity index (χ0v) is 10.2. The number of nitrogens with two attached hydrogens (primary N) is 1. The van der Waals surface area contributed by atoms with Crippen molar-refractivity contribution in [2.45, 2.75) is 58.5 Å². The standard InChI is InChI=1S/C12H27NO2/c1-3-5-7-12(10-14,8-6-4-2)11(15)9-13/h11,14-15H,3-10,13H2,1-2H3. The minimum atomic E-state index is -0.569. The van der Waals surface area contributed by atoms with Crippen LogP contribution in [0.3, 0.4) is 0 Å². The van der Waals surface area contributed by atoms with Crippen molar-refractivity contribution in [2.24, 2.45) is 11.1 Å². The molecule has 0 fully saturated rings. The summed E-state index contributed by atoms with van der Waals surface area (Å²) >= 11 is 0. The Labute approximate surface area is 93.7 Å². The highest BCUT2D eigenvalue weighted by molar-refractivity contribution is 4.86. The molecule has 0 amide bonds. The minimum absolute atomic E-state index is 0.0470. The van der Waals surface area contributed by atoms with Gasteiger partial charge in [-0.25, -0.2) is 0 Å². The first-order valence-electron chi connectivity index (χ1n) is 6.15. The van der Waals surface area contributed by atoms with Gasteiger partial charge in [0.25, 0.3) is 0 Å². The van der Waals surface area contributed by atoms with E-state index in [1.807, 2.05) is 0 Å². The van der Waals surface area contributed by atoms with Gasteiger partial charge in [0.1, 0.15) is 0 Å². The van der Waals surface area contributed by atoms with Gasteiger partial charge in [-0.2, -0.15) is 0 Å². The molecule has 0 aliphatic carbocycles. The average molecular weight is 217 g/mol. The van der Waals surface area contributed by atoms with Crippen LogP contribution in [-0.4, -0.2) is 29.5 Å². The van der Waals surface area contributed by atoms with Crippen LogP contribution >= 0.6 is 0 Å². The van der Waals surface area contributed by atoms with Gasteiger partial charge >= 0.3 is 0 Å². The molecular formula is C12H27NO2. The van der Waals surface area contributed by atoms with Crippen LogP contribution in [0, 0.1) is 5.41 Å². The van der Waals surface area contributed by atoms with Gasteiger partial charge in [-0.05, 0) is 12.8 Å². The van der Waals surface area contributed by atoms with E-state index >= 15 is 0 Å². The SMILES string of the molecule is CCCCC(CO)(CCCC)C(O)CN. The van der Waals surface area contributed by atoms with E-state index in [4.69, 9.17) is 5.73 Å². The smallest absolute Gasteiger partial charge is 0.0740 e. The molecule has 3 nitrogen and oxygen atoms in total. The van der Waals surface area contributed by atoms with Crippen LogP contribution in [0.4, 0.5) is 0 Å². The van der Waals surface area contributed by atoms with Crippen molar-refractivity contribution < 1.29 is 10.2 Å². The van der Waals surface area contributed by atoms with Crippen LogP contribution in [-0.2, 0) is 0 Å². The van der Waals surface area contributed by atoms with Crippen molar-refractivity contribution in [3.8, 4) is 0 Å². The van der Waals surface area contributed by atoms with Crippen LogP contribution in [0.15, 0.2) is 0 Å². The first kappa shape index (κ1) is 14.9. The number of hydrogen-bond acceptors (Lipinski definition) is 3. The van der Waals surface area contributed by atoms with Crippen molar-refractivity contribution in [3.63, 3.8) is 0 Å². The molecule has 0 heterocycles. The molecule has 0 bridgehead atoms. The maximum atomic E-state index is 9.94. The Hall–Kier alpha value is -0.120. The zero-order chi connectivity index (χ0) is 11.7. The second-order valence-electron chi connectivity index (χ2n) is 4.48. The fraction of sp³-hybridized carbons (Fsp3) is 1.00. The first-order chi connectivity index (χ1) is 7.16. The molecule has 3 heteroatoms. The largest absolute Gasteiger partial charge is 0.396 e. The summed E-state index contributed by atoms with van der Waals surface area (Å²) in [6.07, 6.45) is 5.44. The topological polar surface area (TPSA) is 66.5 Å². The number of aliphatic hydroxyl groups is 2. The van der Waals surface area contributed by atoms with Gasteiger partial charge in [-0.3, -0.25) is 0 Å². The number of aliphatic hydroxyl groups excluding tert-OH is 2. The third-order valence-corrected chi connectivity index (χ3v) is 3.30. The summed E-state index contributed by atoms with van der Waals surface area (Å²) in [4.78, 5) is 0. The van der Waals surface area contributed by atoms with E-state index in [0.717, 1.165) is 38.5 Å². The Balaban J connectivity index is 4.43. The summed E-state index contributed by atoms with van der Waals surface area (Å²) < 4.78 is 0. The van der Waals surface area contributed by atoms with E-state index in [2.05, 4.69) is 13.8 Å². The summed E-state index contributed by atoms with van der Waals surface area (Å²) in [5.41, 5.74) is 5.16. The summed E-state index contributed by atoms with van der Waals surface area (Å²) in [6.45, 7) is 4.53. The highest BCUT2D eigenvalue weighted by atomic mass is 16.3. The van der Waals surface area contributed by atoms with Crippen LogP contribution < -0.4 is 5.73 Å². The molecule has 0 radical (unpaired) electrons. The number of unbranched alkanes of at least 4 members (excludes halogenated alkanes) is 2. The number of rotatable bonds is 9. The normalized spacial score (nSPS) is 14.2. The monoisotopic (exact) mass is 217 g/mol. The summed E-state index contributed by atoms with van der Waals surface area (Å²) in [5, 5.41) is 19.5. The Bertz CT molecular complexity index is 143. The molecule has 0 saturated carbocycles. The second kappa shape index (κ2) is 8.08. The highest BCUT2D eigenvalue weighted by Crippen LogP contribution is 2.34. The number of hydrogen-bond donors (Lipinski definition) is 3. The van der Waals surface area contributed by atoms with Gasteiger partial charge in [0.15, 0.2) is 0 Å². The molecular weight excluding hydrogens is 190 g/mol. The molecule has 1 atom stereocenters. The van der Waals surface area contributed by atoms with Gasteiger partial charge < -0.3 is 15.9 Å². The van der Waals surface area contributed by atoms with Crippen molar-refractivity contribution in [3.05, 3.63) is 0 Å². The lowest BCUT2D eigenvalue weighted by Crippen LogP contribution is -2.43. The quantitative estimate of drug-likeness (QED) is 0.550. The Morgan fingerprint density at radius 1 is 1.13 bits per heavy atom. The molecule has 0 aromatic rings. The zero-order valence-electron chi connectivity index (χ0n) is 10.2. The highest BCUT2D eigenvalue weighted by Gasteiger charge is 2.35. The Kier molecular flexibility index (Phi) is 8.02. The van der Waals surface area contributed by atoms with E-state index in [0.29, 0.717) is 0 Å². The van der Waals surface area contributed by atoms with Gasteiger partial charge in [0, 0.05) is 12.0 Å². The van der Waals surface area contributed by atoms with Crippen molar-refractivity contribution >= 4 is 0 Å². The van der Waals surface area contributed by atoms with Gasteiger partial charge in [0.05, 0.1) is 12.7 Å². The first-order valence-corrected chi connectivity index (χ1v) is 6.15. The molecule has 15 heavy (non-hydrogen) atoms. The second-order valence-corrected chi connectivity index (χ2v) is 4.48. The van der Waals surface area contributed by atoms with Crippen molar-refractivity contribution in [1.82, 2.24) is 0 Å². The third-order valence-electron chi connectivity index (χ3n) is 3.30. The predicted octanol–water partition coefficient (Wildman–Crippen LogP) is 1.67. The molecule has 0 saturated heterocycles. The van der Waals surface area contributed by atoms with Gasteiger partial charge in [0.2, 0.25) is 0 Å². The fourth-order valence-electron chi connectivity index (χ4n) is 2.03. The predicted molar refractivity (Wildman–Crippen MR) is 63.6 cm³/mol. The minimum Gasteiger partial charge on any atom is -0.396 e. The molecule has 0 rings (SSSR count). The third kappa shape index (κ3) is 4.49. The van der Waals surface area contributed by atoms with Crippen LogP contribution in [0.1, 0.15) is 52.4 Å². The van der Waals surface area contributed by atoms with Gasteiger partial charge in [-0.1, -0.05) is 39.5 Å². The van der Waals surface area contributed by atoms with Crippen LogP contribution in [0.2, 0.25) is 0 Å². The molecule has 0 aliphatic rings. The van der Waals surface area contributed by atoms with E-state index in [1.54, 1.807) is 0 Å². The molecule has 4 N–H and O–H groups in total. The van der Waals surface area contributed by atoms with Crippen molar-refractivity contribution in [2.75, 3.05) is 13.2 Å². The molecule has 0 spiro atoms. The summed E-state index contributed by atoms with van der Waals surface area (Å²) in [5.74, 6) is 0. The molecule has 92 valence electrons. The summed E-state index contributed by atoms with van der Waals surface area (Å²) in [7, 11) is 0. The fourth-order valence-corrected chi connectivity index (χ4v) is 2.03. The van der Waals surface area contributed by atoms with Gasteiger partial charge in [-0.15, -0.1) is 0 Å². The average Bonchev–Trinajstić information content (AvgIpc) is 2.29. The van der Waals surface area contributed by atoms with E-state index in [9.17, 15) is 10.2 Å². The molecule has 0 aliphatic heterocycles. The van der Waals surface area contributed by atoms with Crippen LogP contribution in [0.5, 0.6) is 0 Å². The maximum absolute atomic E-state index is 9.94. The lowest BCUT2D eigenvalue weighted by Gasteiger charge is -2.36. The molecule has 0 aromatic heterocycles. The lowest BCUT2D eigenvalue weighted by atomic mass is 9.74. The Morgan fingerprint density at radius 3 is 1.87 bits per heavy atom. The lowest BCUT2D eigenvalue weighted by molar-refractivity contribution is -0.0273. The van der Waals surface area contributed by atoms with Crippen molar-refractivity contribution in [1.29, 1.82) is 0 Å². The maximum Gasteiger partial charge on any atom is 0.0740 e. The van der Waals surface area contributed by atoms with E-state index in [1.165, 1.54) is 0 Å². The van der Waals surface area contributed by atoms with E-state index in [-0.39, 0.29) is 18.6 Å². The van der Waals surface area contributed by atoms with E-state index < -0.39 is 6.10 Å². The van der Waals surface area contributed by atoms with Crippen LogP contribution in [0.25, 0.3) is 0 Å². The summed E-state index contributed by atoms with van der Waals surface area (Å²) in [6, 6.07) is 0.